The van der Waals surface area contributed by atoms with Gasteiger partial charge in [0.05, 0.1) is 10.2 Å². The maximum Gasteiger partial charge on any atom is 0.250 e. The van der Waals surface area contributed by atoms with Gasteiger partial charge in [-0.3, -0.25) is 10.1 Å². The summed E-state index contributed by atoms with van der Waals surface area (Å²) in [7, 11) is 0. The molecule has 0 atom stereocenters. The standard InChI is InChI=1S/C22H17ClN2O2S/c1-13-3-8-18-20(11-13)28-22(24-18)25-21(26)10-7-16-6-9-19(27-16)15-5-4-14(2)17(23)12-15/h3-12H,1-2H3,(H,24,25,26). The highest BCUT2D eigenvalue weighted by Gasteiger charge is 2.08. The highest BCUT2D eigenvalue weighted by Crippen LogP contribution is 2.28. The average Bonchev–Trinajstić information content (AvgIpc) is 3.28. The van der Waals surface area contributed by atoms with Crippen molar-refractivity contribution in [3.05, 3.63) is 76.5 Å². The lowest BCUT2D eigenvalue weighted by molar-refractivity contribution is -0.111. The zero-order valence-electron chi connectivity index (χ0n) is 15.3. The van der Waals surface area contributed by atoms with Crippen molar-refractivity contribution in [3.63, 3.8) is 0 Å². The van der Waals surface area contributed by atoms with E-state index in [0.29, 0.717) is 21.7 Å². The minimum absolute atomic E-state index is 0.257. The molecule has 0 unspecified atom stereocenters. The van der Waals surface area contributed by atoms with Crippen molar-refractivity contribution in [1.29, 1.82) is 0 Å². The minimum Gasteiger partial charge on any atom is -0.457 e. The summed E-state index contributed by atoms with van der Waals surface area (Å²) in [5.74, 6) is 1.03. The molecule has 2 aromatic heterocycles. The number of furan rings is 1. The Kier molecular flexibility index (Phi) is 5.03. The number of hydrogen-bond donors (Lipinski definition) is 1. The minimum atomic E-state index is -0.257. The lowest BCUT2D eigenvalue weighted by Gasteiger charge is -2.00. The van der Waals surface area contributed by atoms with Gasteiger partial charge in [0.1, 0.15) is 11.5 Å². The molecular formula is C22H17ClN2O2S. The van der Waals surface area contributed by atoms with Crippen LogP contribution in [0, 0.1) is 13.8 Å². The number of carbonyl (C=O) groups excluding carboxylic acids is 1. The molecule has 4 aromatic rings. The Morgan fingerprint density at radius 3 is 2.82 bits per heavy atom. The Balaban J connectivity index is 1.45. The van der Waals surface area contributed by atoms with Crippen molar-refractivity contribution in [2.24, 2.45) is 0 Å². The fraction of sp³-hybridized carbons (Fsp3) is 0.0909. The van der Waals surface area contributed by atoms with Crippen LogP contribution < -0.4 is 5.32 Å². The van der Waals surface area contributed by atoms with Gasteiger partial charge in [-0.15, -0.1) is 0 Å². The molecule has 4 rings (SSSR count). The number of hydrogen-bond acceptors (Lipinski definition) is 4. The molecule has 0 aliphatic rings. The molecule has 2 aromatic carbocycles. The molecule has 0 radical (unpaired) electrons. The molecule has 140 valence electrons. The van der Waals surface area contributed by atoms with E-state index in [2.05, 4.69) is 16.4 Å². The Bertz CT molecular complexity index is 1210. The fourth-order valence-corrected chi connectivity index (χ4v) is 3.88. The van der Waals surface area contributed by atoms with Gasteiger partial charge in [-0.25, -0.2) is 4.98 Å². The van der Waals surface area contributed by atoms with Crippen LogP contribution in [0.1, 0.15) is 16.9 Å². The quantitative estimate of drug-likeness (QED) is 0.393. The largest absolute Gasteiger partial charge is 0.457 e. The van der Waals surface area contributed by atoms with Crippen molar-refractivity contribution < 1.29 is 9.21 Å². The van der Waals surface area contributed by atoms with Gasteiger partial charge < -0.3 is 4.42 Å². The molecule has 28 heavy (non-hydrogen) atoms. The molecule has 2 heterocycles. The summed E-state index contributed by atoms with van der Waals surface area (Å²) < 4.78 is 6.84. The Morgan fingerprint density at radius 2 is 2.00 bits per heavy atom. The average molecular weight is 409 g/mol. The molecule has 6 heteroatoms. The van der Waals surface area contributed by atoms with Crippen LogP contribution >= 0.6 is 22.9 Å². The van der Waals surface area contributed by atoms with Gasteiger partial charge in [-0.1, -0.05) is 41.1 Å². The fourth-order valence-electron chi connectivity index (χ4n) is 2.73. The van der Waals surface area contributed by atoms with Crippen LogP contribution in [0.25, 0.3) is 27.6 Å². The van der Waals surface area contributed by atoms with Crippen molar-refractivity contribution >= 4 is 50.3 Å². The van der Waals surface area contributed by atoms with E-state index in [0.717, 1.165) is 26.9 Å². The van der Waals surface area contributed by atoms with Crippen LogP contribution in [0.3, 0.4) is 0 Å². The van der Waals surface area contributed by atoms with Gasteiger partial charge in [-0.05, 0) is 61.4 Å². The number of amides is 1. The predicted octanol–water partition coefficient (Wildman–Crippen LogP) is 6.48. The third kappa shape index (κ3) is 4.01. The SMILES string of the molecule is Cc1ccc2nc(NC(=O)C=Cc3ccc(-c4ccc(C)c(Cl)c4)o3)sc2c1. The van der Waals surface area contributed by atoms with Crippen LogP contribution in [0.4, 0.5) is 5.13 Å². The molecule has 0 bridgehead atoms. The second kappa shape index (κ2) is 7.62. The summed E-state index contributed by atoms with van der Waals surface area (Å²) in [4.78, 5) is 16.6. The van der Waals surface area contributed by atoms with Gasteiger partial charge in [0.2, 0.25) is 5.91 Å². The highest BCUT2D eigenvalue weighted by atomic mass is 35.5. The Hall–Kier alpha value is -2.89. The summed E-state index contributed by atoms with van der Waals surface area (Å²) in [5, 5.41) is 4.06. The van der Waals surface area contributed by atoms with E-state index in [1.165, 1.54) is 17.4 Å². The predicted molar refractivity (Wildman–Crippen MR) is 116 cm³/mol. The smallest absolute Gasteiger partial charge is 0.250 e. The van der Waals surface area contributed by atoms with Crippen molar-refractivity contribution in [2.45, 2.75) is 13.8 Å². The van der Waals surface area contributed by atoms with Crippen molar-refractivity contribution in [3.8, 4) is 11.3 Å². The second-order valence-electron chi connectivity index (χ2n) is 6.48. The van der Waals surface area contributed by atoms with E-state index in [1.807, 2.05) is 56.3 Å². The first-order chi connectivity index (χ1) is 13.5. The molecular weight excluding hydrogens is 392 g/mol. The maximum absolute atomic E-state index is 12.2. The van der Waals surface area contributed by atoms with Crippen molar-refractivity contribution in [1.82, 2.24) is 4.98 Å². The molecule has 0 spiro atoms. The highest BCUT2D eigenvalue weighted by molar-refractivity contribution is 7.22. The zero-order chi connectivity index (χ0) is 19.7. The molecule has 0 fully saturated rings. The third-order valence-electron chi connectivity index (χ3n) is 4.26. The van der Waals surface area contributed by atoms with E-state index in [4.69, 9.17) is 16.0 Å². The monoisotopic (exact) mass is 408 g/mol. The zero-order valence-corrected chi connectivity index (χ0v) is 16.9. The first-order valence-electron chi connectivity index (χ1n) is 8.70. The molecule has 1 N–H and O–H groups in total. The van der Waals surface area contributed by atoms with Crippen LogP contribution in [0.15, 0.2) is 59.0 Å². The topological polar surface area (TPSA) is 55.1 Å². The molecule has 4 nitrogen and oxygen atoms in total. The normalized spacial score (nSPS) is 11.4. The number of nitrogens with zero attached hydrogens (tertiary/aromatic N) is 1. The van der Waals surface area contributed by atoms with Crippen LogP contribution in [0.5, 0.6) is 0 Å². The Morgan fingerprint density at radius 1 is 1.14 bits per heavy atom. The first-order valence-corrected chi connectivity index (χ1v) is 9.90. The van der Waals surface area contributed by atoms with Crippen molar-refractivity contribution in [2.75, 3.05) is 5.32 Å². The molecule has 0 saturated heterocycles. The van der Waals surface area contributed by atoms with Crippen LogP contribution in [-0.4, -0.2) is 10.9 Å². The molecule has 0 saturated carbocycles. The summed E-state index contributed by atoms with van der Waals surface area (Å²) in [5.41, 5.74) is 3.95. The molecule has 0 aliphatic carbocycles. The van der Waals surface area contributed by atoms with E-state index < -0.39 is 0 Å². The maximum atomic E-state index is 12.2. The summed E-state index contributed by atoms with van der Waals surface area (Å²) >= 11 is 7.63. The van der Waals surface area contributed by atoms with E-state index in [9.17, 15) is 4.79 Å². The summed E-state index contributed by atoms with van der Waals surface area (Å²) in [6, 6.07) is 15.4. The number of rotatable bonds is 4. The van der Waals surface area contributed by atoms with E-state index in [-0.39, 0.29) is 5.91 Å². The van der Waals surface area contributed by atoms with Gasteiger partial charge in [0, 0.05) is 16.7 Å². The number of nitrogens with one attached hydrogen (secondary N) is 1. The van der Waals surface area contributed by atoms with E-state index >= 15 is 0 Å². The molecule has 1 amide bonds. The molecule has 0 aliphatic heterocycles. The number of thiazole rings is 1. The lowest BCUT2D eigenvalue weighted by Crippen LogP contribution is -2.07. The number of fused-ring (bicyclic) bond motifs is 1. The van der Waals surface area contributed by atoms with E-state index in [1.54, 1.807) is 6.08 Å². The van der Waals surface area contributed by atoms with Crippen LogP contribution in [-0.2, 0) is 4.79 Å². The van der Waals surface area contributed by atoms with Gasteiger partial charge >= 0.3 is 0 Å². The van der Waals surface area contributed by atoms with Gasteiger partial charge in [0.25, 0.3) is 0 Å². The lowest BCUT2D eigenvalue weighted by atomic mass is 10.1. The number of benzene rings is 2. The number of aromatic nitrogens is 1. The summed E-state index contributed by atoms with van der Waals surface area (Å²) in [6.07, 6.45) is 3.06. The second-order valence-corrected chi connectivity index (χ2v) is 7.92. The van der Waals surface area contributed by atoms with Gasteiger partial charge in [0.15, 0.2) is 5.13 Å². The summed E-state index contributed by atoms with van der Waals surface area (Å²) in [6.45, 7) is 3.98. The number of anilines is 1. The number of halogens is 1. The number of carbonyl (C=O) groups is 1. The Labute approximate surface area is 171 Å². The number of aryl methyl sites for hydroxylation is 2. The third-order valence-corrected chi connectivity index (χ3v) is 5.60. The van der Waals surface area contributed by atoms with Crippen LogP contribution in [0.2, 0.25) is 5.02 Å². The van der Waals surface area contributed by atoms with Gasteiger partial charge in [-0.2, -0.15) is 0 Å². The first kappa shape index (κ1) is 18.5.